The standard InChI is InChI=1S/C25H41N3O5/c1-8-10-11-16-26-22(30)21(18-12-14-19(29)15-13-18)28(7)23(31)20(17(3)9-2)27-24(32)33-25(4,5)6/h12-15,17,20-21,29H,8-11,16H2,1-7H3,(H,26,30)(H,27,32). The molecule has 0 fully saturated rings. The Morgan fingerprint density at radius 2 is 1.70 bits per heavy atom. The van der Waals surface area contributed by atoms with Gasteiger partial charge in [0.1, 0.15) is 23.4 Å². The number of rotatable bonds is 11. The molecule has 0 aliphatic carbocycles. The molecule has 0 saturated carbocycles. The maximum atomic E-state index is 13.5. The summed E-state index contributed by atoms with van der Waals surface area (Å²) in [6.45, 7) is 11.6. The SMILES string of the molecule is CCCCCNC(=O)C(c1ccc(O)cc1)N(C)C(=O)C(NC(=O)OC(C)(C)C)C(C)CC. The molecule has 33 heavy (non-hydrogen) atoms. The number of likely N-dealkylation sites (N-methyl/N-ethyl adjacent to an activating group) is 1. The first kappa shape index (κ1) is 28.3. The highest BCUT2D eigenvalue weighted by Gasteiger charge is 2.36. The molecule has 0 saturated heterocycles. The number of carbonyl (C=O) groups is 3. The number of carbonyl (C=O) groups excluding carboxylic acids is 3. The Morgan fingerprint density at radius 1 is 1.09 bits per heavy atom. The van der Waals surface area contributed by atoms with Gasteiger partial charge in [0.05, 0.1) is 0 Å². The fourth-order valence-electron chi connectivity index (χ4n) is 3.35. The van der Waals surface area contributed by atoms with Crippen molar-refractivity contribution in [2.45, 2.75) is 84.9 Å². The third-order valence-electron chi connectivity index (χ3n) is 5.42. The Labute approximate surface area is 198 Å². The van der Waals surface area contributed by atoms with Crippen LogP contribution in [0, 0.1) is 5.92 Å². The summed E-state index contributed by atoms with van der Waals surface area (Å²) >= 11 is 0. The monoisotopic (exact) mass is 463 g/mol. The van der Waals surface area contributed by atoms with Gasteiger partial charge < -0.3 is 25.4 Å². The maximum absolute atomic E-state index is 13.5. The Balaban J connectivity index is 3.17. The fourth-order valence-corrected chi connectivity index (χ4v) is 3.35. The molecule has 8 nitrogen and oxygen atoms in total. The van der Waals surface area contributed by atoms with Gasteiger partial charge in [0.15, 0.2) is 0 Å². The highest BCUT2D eigenvalue weighted by molar-refractivity contribution is 5.92. The van der Waals surface area contributed by atoms with Gasteiger partial charge in [0, 0.05) is 13.6 Å². The van der Waals surface area contributed by atoms with Gasteiger partial charge in [-0.25, -0.2) is 4.79 Å². The molecule has 1 rings (SSSR count). The Bertz CT molecular complexity index is 773. The first-order chi connectivity index (χ1) is 15.4. The Morgan fingerprint density at radius 3 is 2.21 bits per heavy atom. The molecular weight excluding hydrogens is 422 g/mol. The van der Waals surface area contributed by atoms with Crippen LogP contribution in [0.3, 0.4) is 0 Å². The van der Waals surface area contributed by atoms with Crippen molar-refractivity contribution in [3.63, 3.8) is 0 Å². The number of nitrogens with zero attached hydrogens (tertiary/aromatic N) is 1. The molecule has 3 unspecified atom stereocenters. The van der Waals surface area contributed by atoms with E-state index in [0.29, 0.717) is 18.5 Å². The first-order valence-corrected chi connectivity index (χ1v) is 11.7. The minimum atomic E-state index is -0.910. The summed E-state index contributed by atoms with van der Waals surface area (Å²) in [5.74, 6) is -0.815. The van der Waals surface area contributed by atoms with Crippen LogP contribution in [0.2, 0.25) is 0 Å². The van der Waals surface area contributed by atoms with Crippen molar-refractivity contribution in [3.05, 3.63) is 29.8 Å². The van der Waals surface area contributed by atoms with E-state index in [4.69, 9.17) is 4.74 Å². The average Bonchev–Trinajstić information content (AvgIpc) is 2.74. The summed E-state index contributed by atoms with van der Waals surface area (Å²) in [5.41, 5.74) is -0.136. The van der Waals surface area contributed by atoms with E-state index in [9.17, 15) is 19.5 Å². The second kappa shape index (κ2) is 13.1. The quantitative estimate of drug-likeness (QED) is 0.428. The topological polar surface area (TPSA) is 108 Å². The zero-order valence-electron chi connectivity index (χ0n) is 21.1. The lowest BCUT2D eigenvalue weighted by atomic mass is 9.96. The summed E-state index contributed by atoms with van der Waals surface area (Å²) in [4.78, 5) is 40.4. The van der Waals surface area contributed by atoms with Crippen LogP contribution in [0.15, 0.2) is 24.3 Å². The van der Waals surface area contributed by atoms with Crippen LogP contribution < -0.4 is 10.6 Å². The molecule has 0 aliphatic rings. The number of hydrogen-bond donors (Lipinski definition) is 3. The molecule has 1 aromatic carbocycles. The molecule has 3 atom stereocenters. The van der Waals surface area contributed by atoms with Crippen molar-refractivity contribution in [3.8, 4) is 5.75 Å². The van der Waals surface area contributed by atoms with Gasteiger partial charge in [-0.05, 0) is 50.8 Å². The highest BCUT2D eigenvalue weighted by atomic mass is 16.6. The van der Waals surface area contributed by atoms with Crippen molar-refractivity contribution < 1.29 is 24.2 Å². The number of aromatic hydroxyl groups is 1. The van der Waals surface area contributed by atoms with E-state index in [1.165, 1.54) is 17.0 Å². The highest BCUT2D eigenvalue weighted by Crippen LogP contribution is 2.24. The largest absolute Gasteiger partial charge is 0.508 e. The molecule has 3 N–H and O–H groups in total. The first-order valence-electron chi connectivity index (χ1n) is 11.7. The number of alkyl carbamates (subject to hydrolysis) is 1. The smallest absolute Gasteiger partial charge is 0.408 e. The summed E-state index contributed by atoms with van der Waals surface area (Å²) < 4.78 is 5.35. The molecule has 0 aliphatic heterocycles. The lowest BCUT2D eigenvalue weighted by molar-refractivity contribution is -0.141. The predicted molar refractivity (Wildman–Crippen MR) is 129 cm³/mol. The second-order valence-electron chi connectivity index (χ2n) is 9.45. The molecule has 0 heterocycles. The molecule has 0 aromatic heterocycles. The Kier molecular flexibility index (Phi) is 11.2. The van der Waals surface area contributed by atoms with Crippen LogP contribution >= 0.6 is 0 Å². The van der Waals surface area contributed by atoms with E-state index < -0.39 is 29.7 Å². The normalized spacial score (nSPS) is 14.0. The maximum Gasteiger partial charge on any atom is 0.408 e. The van der Waals surface area contributed by atoms with E-state index in [1.807, 2.05) is 13.8 Å². The van der Waals surface area contributed by atoms with Crippen LogP contribution in [0.5, 0.6) is 5.75 Å². The molecule has 0 spiro atoms. The van der Waals surface area contributed by atoms with E-state index in [1.54, 1.807) is 40.0 Å². The van der Waals surface area contributed by atoms with Crippen molar-refractivity contribution in [2.24, 2.45) is 5.92 Å². The molecule has 0 radical (unpaired) electrons. The number of benzene rings is 1. The van der Waals surface area contributed by atoms with Crippen LogP contribution in [0.4, 0.5) is 4.79 Å². The van der Waals surface area contributed by atoms with E-state index in [-0.39, 0.29) is 17.6 Å². The van der Waals surface area contributed by atoms with Gasteiger partial charge in [0.2, 0.25) is 11.8 Å². The van der Waals surface area contributed by atoms with E-state index >= 15 is 0 Å². The molecule has 186 valence electrons. The summed E-state index contributed by atoms with van der Waals surface area (Å²) in [6, 6.07) is 4.44. The van der Waals surface area contributed by atoms with Crippen LogP contribution in [-0.2, 0) is 14.3 Å². The second-order valence-corrected chi connectivity index (χ2v) is 9.45. The molecule has 3 amide bonds. The minimum absolute atomic E-state index is 0.0684. The van der Waals surface area contributed by atoms with E-state index in [2.05, 4.69) is 17.6 Å². The minimum Gasteiger partial charge on any atom is -0.508 e. The number of nitrogens with one attached hydrogen (secondary N) is 2. The third kappa shape index (κ3) is 9.32. The van der Waals surface area contributed by atoms with Gasteiger partial charge in [-0.1, -0.05) is 52.2 Å². The fraction of sp³-hybridized carbons (Fsp3) is 0.640. The average molecular weight is 464 g/mol. The van der Waals surface area contributed by atoms with E-state index in [0.717, 1.165) is 19.3 Å². The molecular formula is C25H41N3O5. The summed E-state index contributed by atoms with van der Waals surface area (Å²) in [5, 5.41) is 15.3. The van der Waals surface area contributed by atoms with Gasteiger partial charge in [-0.2, -0.15) is 0 Å². The number of unbranched alkanes of at least 4 members (excludes halogenated alkanes) is 2. The van der Waals surface area contributed by atoms with Crippen LogP contribution in [0.1, 0.15) is 78.8 Å². The molecule has 8 heteroatoms. The number of ether oxygens (including phenoxy) is 1. The zero-order chi connectivity index (χ0) is 25.2. The van der Waals surface area contributed by atoms with Crippen molar-refractivity contribution >= 4 is 17.9 Å². The number of amides is 3. The van der Waals surface area contributed by atoms with Gasteiger partial charge in [-0.3, -0.25) is 9.59 Å². The van der Waals surface area contributed by atoms with Gasteiger partial charge in [0.25, 0.3) is 0 Å². The van der Waals surface area contributed by atoms with Crippen molar-refractivity contribution in [1.82, 2.24) is 15.5 Å². The number of phenolic OH excluding ortho intramolecular Hbond substituents is 1. The lowest BCUT2D eigenvalue weighted by Gasteiger charge is -2.33. The Hall–Kier alpha value is -2.77. The van der Waals surface area contributed by atoms with Crippen molar-refractivity contribution in [1.29, 1.82) is 0 Å². The summed E-state index contributed by atoms with van der Waals surface area (Å²) in [6.07, 6.45) is 2.84. The lowest BCUT2D eigenvalue weighted by Crippen LogP contribution is -2.54. The summed E-state index contributed by atoms with van der Waals surface area (Å²) in [7, 11) is 1.55. The molecule has 1 aromatic rings. The van der Waals surface area contributed by atoms with Crippen LogP contribution in [0.25, 0.3) is 0 Å². The van der Waals surface area contributed by atoms with Crippen molar-refractivity contribution in [2.75, 3.05) is 13.6 Å². The zero-order valence-corrected chi connectivity index (χ0v) is 21.1. The predicted octanol–water partition coefficient (Wildman–Crippen LogP) is 4.14. The number of hydrogen-bond acceptors (Lipinski definition) is 5. The van der Waals surface area contributed by atoms with Gasteiger partial charge >= 0.3 is 6.09 Å². The third-order valence-corrected chi connectivity index (χ3v) is 5.42. The molecule has 0 bridgehead atoms. The van der Waals surface area contributed by atoms with Crippen LogP contribution in [-0.4, -0.2) is 53.1 Å². The number of phenols is 1. The van der Waals surface area contributed by atoms with Gasteiger partial charge in [-0.15, -0.1) is 0 Å².